The quantitative estimate of drug-likeness (QED) is 0.179. The predicted octanol–water partition coefficient (Wildman–Crippen LogP) is 5.07. The molecule has 1 saturated heterocycles. The number of aryl methyl sites for hydroxylation is 1. The van der Waals surface area contributed by atoms with Gasteiger partial charge in [-0.2, -0.15) is 0 Å². The van der Waals surface area contributed by atoms with Crippen LogP contribution in [0.25, 0.3) is 10.9 Å². The van der Waals surface area contributed by atoms with E-state index in [1.165, 1.54) is 30.2 Å². The number of nitrogens with zero attached hydrogens (tertiary/aromatic N) is 5. The van der Waals surface area contributed by atoms with Crippen LogP contribution in [0.5, 0.6) is 11.5 Å². The second kappa shape index (κ2) is 13.4. The van der Waals surface area contributed by atoms with Crippen molar-refractivity contribution in [3.8, 4) is 11.5 Å². The van der Waals surface area contributed by atoms with Crippen molar-refractivity contribution in [2.24, 2.45) is 0 Å². The largest absolute Gasteiger partial charge is 0.493 e. The minimum absolute atomic E-state index is 0.0831. The second-order valence-electron chi connectivity index (χ2n) is 10.7. The maximum absolute atomic E-state index is 12.8. The molecule has 2 N–H and O–H groups in total. The summed E-state index contributed by atoms with van der Waals surface area (Å²) >= 11 is 0. The molecule has 0 spiro atoms. The molecule has 0 radical (unpaired) electrons. The van der Waals surface area contributed by atoms with Gasteiger partial charge in [-0.05, 0) is 55.8 Å². The number of para-hydroxylation sites is 1. The molecule has 0 aliphatic carbocycles. The summed E-state index contributed by atoms with van der Waals surface area (Å²) in [6, 6.07) is 22.1. The minimum Gasteiger partial charge on any atom is -0.493 e. The van der Waals surface area contributed by atoms with Crippen LogP contribution in [0.15, 0.2) is 88.5 Å². The Bertz CT molecular complexity index is 1840. The van der Waals surface area contributed by atoms with Crippen molar-refractivity contribution in [3.05, 3.63) is 84.9 Å². The van der Waals surface area contributed by atoms with E-state index in [0.29, 0.717) is 40.9 Å². The Labute approximate surface area is 262 Å². The highest BCUT2D eigenvalue weighted by Gasteiger charge is 2.18. The van der Waals surface area contributed by atoms with Gasteiger partial charge in [0.2, 0.25) is 0 Å². The van der Waals surface area contributed by atoms with Crippen LogP contribution >= 0.6 is 0 Å². The zero-order chi connectivity index (χ0) is 31.2. The molecule has 0 saturated carbocycles. The van der Waals surface area contributed by atoms with Crippen LogP contribution in [-0.2, 0) is 10.0 Å². The molecule has 1 aliphatic heterocycles. The van der Waals surface area contributed by atoms with Gasteiger partial charge in [0.05, 0.1) is 24.1 Å². The predicted molar refractivity (Wildman–Crippen MR) is 173 cm³/mol. The van der Waals surface area contributed by atoms with Crippen LogP contribution in [0.4, 0.5) is 23.0 Å². The Hall–Kier alpha value is -4.88. The third kappa shape index (κ3) is 7.27. The summed E-state index contributed by atoms with van der Waals surface area (Å²) in [5.41, 5.74) is 2.61. The van der Waals surface area contributed by atoms with Crippen LogP contribution in [0.1, 0.15) is 12.2 Å². The van der Waals surface area contributed by atoms with Crippen molar-refractivity contribution < 1.29 is 22.4 Å². The molecular weight excluding hydrogens is 594 g/mol. The van der Waals surface area contributed by atoms with E-state index in [9.17, 15) is 8.42 Å². The first kappa shape index (κ1) is 30.2. The number of benzene rings is 3. The van der Waals surface area contributed by atoms with Crippen molar-refractivity contribution in [2.45, 2.75) is 18.2 Å². The van der Waals surface area contributed by atoms with Gasteiger partial charge >= 0.3 is 0 Å². The first-order chi connectivity index (χ1) is 21.9. The van der Waals surface area contributed by atoms with Gasteiger partial charge in [0.15, 0.2) is 17.3 Å². The summed E-state index contributed by atoms with van der Waals surface area (Å²) in [5, 5.41) is 7.70. The number of piperazine rings is 1. The Morgan fingerprint density at radius 3 is 2.42 bits per heavy atom. The molecule has 45 heavy (non-hydrogen) atoms. The SMILES string of the molecule is COc1cc2ncnc(Nc3ccc(S(=O)(=O)Nc4cc(C)on4)cc3)c2cc1OCCCN1CCN(c2ccccc2)CC1. The van der Waals surface area contributed by atoms with Gasteiger partial charge in [-0.1, -0.05) is 23.4 Å². The molecule has 2 aromatic heterocycles. The number of fused-ring (bicyclic) bond motifs is 1. The fraction of sp³-hybridized carbons (Fsp3) is 0.281. The molecule has 3 aromatic carbocycles. The Morgan fingerprint density at radius 1 is 0.933 bits per heavy atom. The van der Waals surface area contributed by atoms with Gasteiger partial charge in [0.25, 0.3) is 10.0 Å². The molecule has 1 aliphatic rings. The smallest absolute Gasteiger partial charge is 0.263 e. The van der Waals surface area contributed by atoms with Crippen LogP contribution in [0, 0.1) is 6.92 Å². The van der Waals surface area contributed by atoms with Crippen LogP contribution < -0.4 is 24.4 Å². The van der Waals surface area contributed by atoms with E-state index < -0.39 is 10.0 Å². The van der Waals surface area contributed by atoms with E-state index in [0.717, 1.165) is 44.5 Å². The Morgan fingerprint density at radius 2 is 1.71 bits per heavy atom. The maximum atomic E-state index is 12.8. The lowest BCUT2D eigenvalue weighted by Crippen LogP contribution is -2.46. The average molecular weight is 630 g/mol. The first-order valence-electron chi connectivity index (χ1n) is 14.7. The second-order valence-corrected chi connectivity index (χ2v) is 12.4. The number of hydrogen-bond acceptors (Lipinski definition) is 11. The number of rotatable bonds is 12. The summed E-state index contributed by atoms with van der Waals surface area (Å²) in [6.07, 6.45) is 2.34. The van der Waals surface area contributed by atoms with E-state index in [4.69, 9.17) is 14.0 Å². The van der Waals surface area contributed by atoms with Crippen LogP contribution in [0.3, 0.4) is 0 Å². The zero-order valence-corrected chi connectivity index (χ0v) is 26.0. The number of methoxy groups -OCH3 is 1. The number of anilines is 4. The van der Waals surface area contributed by atoms with Crippen molar-refractivity contribution in [3.63, 3.8) is 0 Å². The van der Waals surface area contributed by atoms with Gasteiger partial charge < -0.3 is 24.2 Å². The van der Waals surface area contributed by atoms with Crippen molar-refractivity contribution in [1.82, 2.24) is 20.0 Å². The number of aromatic nitrogens is 3. The maximum Gasteiger partial charge on any atom is 0.263 e. The van der Waals surface area contributed by atoms with Gasteiger partial charge in [0.1, 0.15) is 17.9 Å². The molecule has 0 unspecified atom stereocenters. The van der Waals surface area contributed by atoms with Gasteiger partial charge in [-0.3, -0.25) is 9.62 Å². The van der Waals surface area contributed by atoms with Gasteiger partial charge in [0, 0.05) is 61.6 Å². The standard InChI is InChI=1S/C32H35N7O5S/c1-23-19-31(36-44-23)37-45(40,41)26-11-9-24(10-12-26)35-32-27-20-30(29(42-2)21-28(27)33-22-34-32)43-18-6-13-38-14-16-39(17-15-38)25-7-4-3-5-8-25/h3-5,7-12,19-22H,6,13-18H2,1-2H3,(H,36,37)(H,33,34,35). The van der Waals surface area contributed by atoms with Gasteiger partial charge in [-0.25, -0.2) is 18.4 Å². The summed E-state index contributed by atoms with van der Waals surface area (Å²) in [5.74, 6) is 2.37. The molecule has 6 rings (SSSR count). The lowest BCUT2D eigenvalue weighted by molar-refractivity contribution is 0.221. The number of sulfonamides is 1. The van der Waals surface area contributed by atoms with Crippen molar-refractivity contribution >= 4 is 43.9 Å². The first-order valence-corrected chi connectivity index (χ1v) is 16.2. The molecule has 3 heterocycles. The fourth-order valence-corrected chi connectivity index (χ4v) is 6.22. The molecule has 5 aromatic rings. The summed E-state index contributed by atoms with van der Waals surface area (Å²) < 4.78 is 44.7. The fourth-order valence-electron chi connectivity index (χ4n) is 5.24. The number of nitrogens with one attached hydrogen (secondary N) is 2. The number of hydrogen-bond donors (Lipinski definition) is 2. The Balaban J connectivity index is 1.08. The highest BCUT2D eigenvalue weighted by atomic mass is 32.2. The van der Waals surface area contributed by atoms with Crippen LogP contribution in [0.2, 0.25) is 0 Å². The summed E-state index contributed by atoms with van der Waals surface area (Å²) in [4.78, 5) is 13.8. The van der Waals surface area contributed by atoms with Crippen LogP contribution in [-0.4, -0.2) is 74.9 Å². The molecule has 13 heteroatoms. The molecule has 1 fully saturated rings. The van der Waals surface area contributed by atoms with Crippen molar-refractivity contribution in [2.75, 3.05) is 61.4 Å². The zero-order valence-electron chi connectivity index (χ0n) is 25.1. The minimum atomic E-state index is -3.83. The molecule has 0 amide bonds. The topological polar surface area (TPSA) is 135 Å². The lowest BCUT2D eigenvalue weighted by atomic mass is 10.2. The van der Waals surface area contributed by atoms with E-state index >= 15 is 0 Å². The summed E-state index contributed by atoms with van der Waals surface area (Å²) in [6.45, 7) is 7.23. The highest BCUT2D eigenvalue weighted by Crippen LogP contribution is 2.35. The molecule has 0 atom stereocenters. The van der Waals surface area contributed by atoms with E-state index in [2.05, 4.69) is 59.2 Å². The lowest BCUT2D eigenvalue weighted by Gasteiger charge is -2.36. The number of ether oxygens (including phenoxy) is 2. The van der Waals surface area contributed by atoms with E-state index in [1.54, 1.807) is 26.2 Å². The third-order valence-electron chi connectivity index (χ3n) is 7.58. The monoisotopic (exact) mass is 629 g/mol. The highest BCUT2D eigenvalue weighted by molar-refractivity contribution is 7.92. The summed E-state index contributed by atoms with van der Waals surface area (Å²) in [7, 11) is -2.23. The average Bonchev–Trinajstić information content (AvgIpc) is 3.47. The van der Waals surface area contributed by atoms with Gasteiger partial charge in [-0.15, -0.1) is 0 Å². The normalized spacial score (nSPS) is 14.0. The van der Waals surface area contributed by atoms with E-state index in [-0.39, 0.29) is 10.7 Å². The Kier molecular flexibility index (Phi) is 8.98. The third-order valence-corrected chi connectivity index (χ3v) is 8.96. The van der Waals surface area contributed by atoms with E-state index in [1.807, 2.05) is 18.2 Å². The molecule has 0 bridgehead atoms. The molecule has 12 nitrogen and oxygen atoms in total. The molecular formula is C32H35N7O5S. The van der Waals surface area contributed by atoms with Crippen molar-refractivity contribution in [1.29, 1.82) is 0 Å². The molecule has 234 valence electrons.